The molecule has 3 aromatic rings. The fourth-order valence-corrected chi connectivity index (χ4v) is 4.06. The minimum atomic E-state index is -1.01. The summed E-state index contributed by atoms with van der Waals surface area (Å²) in [5.74, 6) is -1.12. The molecule has 2 aliphatic heterocycles. The molecule has 2 aliphatic rings. The first-order valence-electron chi connectivity index (χ1n) is 10.5. The zero-order valence-electron chi connectivity index (χ0n) is 17.8. The molecule has 5 rings (SSSR count). The molecular weight excluding hydrogens is 424 g/mol. The minimum Gasteiger partial charge on any atom is -0.439 e. The Bertz CT molecular complexity index is 1290. The van der Waals surface area contributed by atoms with Crippen molar-refractivity contribution >= 4 is 29.3 Å². The molecule has 0 bridgehead atoms. The molecule has 0 spiro atoms. The number of nitrogens with zero attached hydrogens (tertiary/aromatic N) is 2. The number of piperidine rings is 1. The van der Waals surface area contributed by atoms with Crippen LogP contribution in [0.15, 0.2) is 53.1 Å². The molecule has 1 fully saturated rings. The number of imide groups is 2. The van der Waals surface area contributed by atoms with E-state index in [1.807, 2.05) is 31.2 Å². The fourth-order valence-electron chi connectivity index (χ4n) is 4.06. The maximum absolute atomic E-state index is 13.1. The van der Waals surface area contributed by atoms with E-state index in [-0.39, 0.29) is 30.5 Å². The summed E-state index contributed by atoms with van der Waals surface area (Å²) in [7, 11) is 0. The molecule has 1 aromatic heterocycles. The van der Waals surface area contributed by atoms with Crippen molar-refractivity contribution in [3.8, 4) is 11.5 Å². The molecule has 0 aliphatic carbocycles. The highest BCUT2D eigenvalue weighted by molar-refractivity contribution is 6.25. The number of aryl methyl sites for hydroxylation is 1. The Balaban J connectivity index is 1.35. The summed E-state index contributed by atoms with van der Waals surface area (Å²) in [4.78, 5) is 55.0. The minimum absolute atomic E-state index is 0.0731. The van der Waals surface area contributed by atoms with Gasteiger partial charge < -0.3 is 9.73 Å². The first kappa shape index (κ1) is 20.6. The van der Waals surface area contributed by atoms with Crippen molar-refractivity contribution in [2.45, 2.75) is 32.4 Å². The maximum atomic E-state index is 13.1. The lowest BCUT2D eigenvalue weighted by Crippen LogP contribution is -2.54. The van der Waals surface area contributed by atoms with Gasteiger partial charge in [-0.2, -0.15) is 0 Å². The number of hydrogen-bond acceptors (Lipinski definition) is 7. The number of fused-ring (bicyclic) bond motifs is 1. The predicted octanol–water partition coefficient (Wildman–Crippen LogP) is 2.66. The molecular formula is C24H20N4O5. The summed E-state index contributed by atoms with van der Waals surface area (Å²) in [6.45, 7) is 2.25. The molecule has 0 saturated carbocycles. The van der Waals surface area contributed by atoms with E-state index in [0.29, 0.717) is 17.3 Å². The Hall–Kier alpha value is -4.27. The van der Waals surface area contributed by atoms with Crippen molar-refractivity contribution in [2.24, 2.45) is 0 Å². The van der Waals surface area contributed by atoms with E-state index in [1.165, 1.54) is 0 Å². The molecule has 166 valence electrons. The second-order valence-corrected chi connectivity index (χ2v) is 8.03. The lowest BCUT2D eigenvalue weighted by molar-refractivity contribution is -0.136. The second kappa shape index (κ2) is 8.01. The Morgan fingerprint density at radius 3 is 2.64 bits per heavy atom. The maximum Gasteiger partial charge on any atom is 0.264 e. The largest absolute Gasteiger partial charge is 0.439 e. The Morgan fingerprint density at radius 2 is 1.88 bits per heavy atom. The number of carbonyl (C=O) groups excluding carboxylic acids is 4. The number of carbonyl (C=O) groups is 4. The predicted molar refractivity (Wildman–Crippen MR) is 117 cm³/mol. The van der Waals surface area contributed by atoms with E-state index in [9.17, 15) is 19.2 Å². The molecule has 1 saturated heterocycles. The van der Waals surface area contributed by atoms with Crippen molar-refractivity contribution in [3.63, 3.8) is 0 Å². The van der Waals surface area contributed by atoms with E-state index in [2.05, 4.69) is 15.6 Å². The number of oxazole rings is 1. The monoisotopic (exact) mass is 444 g/mol. The zero-order valence-corrected chi connectivity index (χ0v) is 17.8. The normalized spacial score (nSPS) is 17.8. The van der Waals surface area contributed by atoms with Crippen LogP contribution in [0.3, 0.4) is 0 Å². The van der Waals surface area contributed by atoms with E-state index in [4.69, 9.17) is 4.42 Å². The van der Waals surface area contributed by atoms with Crippen LogP contribution < -0.4 is 10.6 Å². The first-order chi connectivity index (χ1) is 15.9. The highest BCUT2D eigenvalue weighted by Crippen LogP contribution is 2.32. The lowest BCUT2D eigenvalue weighted by atomic mass is 10.0. The van der Waals surface area contributed by atoms with Crippen molar-refractivity contribution < 1.29 is 23.6 Å². The van der Waals surface area contributed by atoms with Gasteiger partial charge in [-0.05, 0) is 37.6 Å². The third kappa shape index (κ3) is 3.67. The number of rotatable bonds is 5. The zero-order chi connectivity index (χ0) is 23.1. The van der Waals surface area contributed by atoms with Gasteiger partial charge in [-0.3, -0.25) is 29.4 Å². The number of nitrogens with one attached hydrogen (secondary N) is 2. The molecule has 2 aromatic carbocycles. The Kier molecular flexibility index (Phi) is 5.01. The van der Waals surface area contributed by atoms with Gasteiger partial charge >= 0.3 is 0 Å². The molecule has 9 heteroatoms. The summed E-state index contributed by atoms with van der Waals surface area (Å²) in [5.41, 5.74) is 2.86. The SMILES string of the molecule is Cc1ccc(-c2ncc(CNc3cccc4c3C(=O)N(C3CCC(=O)NC3=O)C4=O)o2)cc1. The molecule has 3 heterocycles. The average molecular weight is 444 g/mol. The fraction of sp³-hybridized carbons (Fsp3) is 0.208. The van der Waals surface area contributed by atoms with Gasteiger partial charge in [-0.25, -0.2) is 4.98 Å². The van der Waals surface area contributed by atoms with Crippen molar-refractivity contribution in [1.82, 2.24) is 15.2 Å². The van der Waals surface area contributed by atoms with Crippen LogP contribution in [0.4, 0.5) is 5.69 Å². The summed E-state index contributed by atoms with van der Waals surface area (Å²) >= 11 is 0. The number of anilines is 1. The van der Waals surface area contributed by atoms with Crippen LogP contribution in [0.2, 0.25) is 0 Å². The van der Waals surface area contributed by atoms with Gasteiger partial charge in [-0.1, -0.05) is 23.8 Å². The third-order valence-corrected chi connectivity index (χ3v) is 5.77. The van der Waals surface area contributed by atoms with Crippen molar-refractivity contribution in [3.05, 3.63) is 71.1 Å². The number of aromatic nitrogens is 1. The Morgan fingerprint density at radius 1 is 1.09 bits per heavy atom. The highest BCUT2D eigenvalue weighted by atomic mass is 16.4. The van der Waals surface area contributed by atoms with Crippen molar-refractivity contribution in [2.75, 3.05) is 5.32 Å². The topological polar surface area (TPSA) is 122 Å². The van der Waals surface area contributed by atoms with Gasteiger partial charge in [0.1, 0.15) is 11.8 Å². The summed E-state index contributed by atoms with van der Waals surface area (Å²) in [6, 6.07) is 11.7. The van der Waals surface area contributed by atoms with Gasteiger partial charge in [0.05, 0.1) is 23.9 Å². The van der Waals surface area contributed by atoms with Crippen LogP contribution in [0.25, 0.3) is 11.5 Å². The van der Waals surface area contributed by atoms with Gasteiger partial charge in [0.2, 0.25) is 17.7 Å². The first-order valence-corrected chi connectivity index (χ1v) is 10.5. The quantitative estimate of drug-likeness (QED) is 0.580. The van der Waals surface area contributed by atoms with E-state index in [1.54, 1.807) is 24.4 Å². The molecule has 0 radical (unpaired) electrons. The van der Waals surface area contributed by atoms with Crippen LogP contribution in [0.5, 0.6) is 0 Å². The van der Waals surface area contributed by atoms with Crippen LogP contribution in [-0.2, 0) is 16.1 Å². The molecule has 1 unspecified atom stereocenters. The van der Waals surface area contributed by atoms with Gasteiger partial charge in [0.15, 0.2) is 0 Å². The molecule has 33 heavy (non-hydrogen) atoms. The van der Waals surface area contributed by atoms with Crippen LogP contribution >= 0.6 is 0 Å². The molecule has 2 N–H and O–H groups in total. The highest BCUT2D eigenvalue weighted by Gasteiger charge is 2.45. The van der Waals surface area contributed by atoms with Crippen LogP contribution in [0, 0.1) is 6.92 Å². The molecule has 9 nitrogen and oxygen atoms in total. The van der Waals surface area contributed by atoms with E-state index >= 15 is 0 Å². The summed E-state index contributed by atoms with van der Waals surface area (Å²) < 4.78 is 5.82. The van der Waals surface area contributed by atoms with Crippen molar-refractivity contribution in [1.29, 1.82) is 0 Å². The summed E-state index contributed by atoms with van der Waals surface area (Å²) in [5, 5.41) is 5.34. The van der Waals surface area contributed by atoms with Gasteiger partial charge in [0, 0.05) is 17.7 Å². The average Bonchev–Trinajstić information content (AvgIpc) is 3.37. The smallest absolute Gasteiger partial charge is 0.264 e. The van der Waals surface area contributed by atoms with E-state index in [0.717, 1.165) is 16.0 Å². The van der Waals surface area contributed by atoms with E-state index < -0.39 is 29.7 Å². The third-order valence-electron chi connectivity index (χ3n) is 5.77. The number of benzene rings is 2. The van der Waals surface area contributed by atoms with Crippen LogP contribution in [0.1, 0.15) is 44.9 Å². The van der Waals surface area contributed by atoms with Crippen LogP contribution in [-0.4, -0.2) is 39.6 Å². The second-order valence-electron chi connectivity index (χ2n) is 8.03. The standard InChI is InChI=1S/C24H20N4O5/c1-13-5-7-14(8-6-13)22-26-12-15(33-22)11-25-17-4-2-3-16-20(17)24(32)28(23(16)31)18-9-10-19(29)27-21(18)30/h2-8,12,18,25H,9-11H2,1H3,(H,27,29,30). The Labute approximate surface area is 188 Å². The lowest BCUT2D eigenvalue weighted by Gasteiger charge is -2.27. The van der Waals surface area contributed by atoms with Gasteiger partial charge in [-0.15, -0.1) is 0 Å². The van der Waals surface area contributed by atoms with Gasteiger partial charge in [0.25, 0.3) is 11.8 Å². The summed E-state index contributed by atoms with van der Waals surface area (Å²) in [6.07, 6.45) is 1.79. The molecule has 1 atom stereocenters. The number of hydrogen-bond donors (Lipinski definition) is 2. The molecule has 4 amide bonds. The number of amides is 4.